The maximum Gasteiger partial charge on any atom is 0.178 e. The quantitative estimate of drug-likeness (QED) is 0.877. The number of rotatable bonds is 6. The molecule has 0 aliphatic carbocycles. The van der Waals surface area contributed by atoms with Crippen LogP contribution in [-0.4, -0.2) is 28.9 Å². The van der Waals surface area contributed by atoms with Crippen LogP contribution in [0.5, 0.6) is 0 Å². The maximum absolute atomic E-state index is 11.7. The second-order valence-corrected chi connectivity index (χ2v) is 6.59. The third-order valence-corrected chi connectivity index (χ3v) is 4.83. The Balaban J connectivity index is 2.05. The number of aromatic nitrogens is 3. The Morgan fingerprint density at radius 1 is 1.20 bits per heavy atom. The molecule has 0 atom stereocenters. The molecule has 6 nitrogen and oxygen atoms in total. The van der Waals surface area contributed by atoms with Crippen molar-refractivity contribution in [2.24, 2.45) is 0 Å². The summed E-state index contributed by atoms with van der Waals surface area (Å²) in [5.74, 6) is 0.956. The summed E-state index contributed by atoms with van der Waals surface area (Å²) in [6.45, 7) is 5.03. The summed E-state index contributed by atoms with van der Waals surface area (Å²) in [5, 5.41) is 11.1. The highest BCUT2D eigenvalue weighted by Gasteiger charge is 2.10. The van der Waals surface area contributed by atoms with E-state index in [9.17, 15) is 8.42 Å². The number of hydrogen-bond acceptors (Lipinski definition) is 5. The lowest BCUT2D eigenvalue weighted by Crippen LogP contribution is -2.08. The molecule has 0 saturated heterocycles. The van der Waals surface area contributed by atoms with E-state index >= 15 is 0 Å². The molecule has 7 heteroatoms. The highest BCUT2D eigenvalue weighted by molar-refractivity contribution is 7.91. The number of nitrogens with zero attached hydrogens (tertiary/aromatic N) is 3. The van der Waals surface area contributed by atoms with Crippen LogP contribution in [-0.2, 0) is 22.9 Å². The van der Waals surface area contributed by atoms with Crippen LogP contribution in [0.25, 0.3) is 0 Å². The Morgan fingerprint density at radius 3 is 2.50 bits per heavy atom. The number of hydrogen-bond donors (Lipinski definition) is 1. The molecule has 0 bridgehead atoms. The van der Waals surface area contributed by atoms with Crippen molar-refractivity contribution in [3.05, 3.63) is 36.4 Å². The lowest BCUT2D eigenvalue weighted by molar-refractivity contribution is 0.597. The van der Waals surface area contributed by atoms with Crippen LogP contribution in [0.2, 0.25) is 0 Å². The zero-order valence-corrected chi connectivity index (χ0v) is 12.4. The molecular weight excluding hydrogens is 276 g/mol. The largest absolute Gasteiger partial charge is 0.378 e. The fourth-order valence-electron chi connectivity index (χ4n) is 1.81. The van der Waals surface area contributed by atoms with Gasteiger partial charge in [-0.25, -0.2) is 8.42 Å². The smallest absolute Gasteiger partial charge is 0.178 e. The Morgan fingerprint density at radius 2 is 1.90 bits per heavy atom. The van der Waals surface area contributed by atoms with E-state index in [4.69, 9.17) is 0 Å². The van der Waals surface area contributed by atoms with Gasteiger partial charge in [0.15, 0.2) is 15.7 Å². The molecule has 1 aromatic carbocycles. The van der Waals surface area contributed by atoms with Gasteiger partial charge >= 0.3 is 0 Å². The van der Waals surface area contributed by atoms with Crippen LogP contribution in [0.3, 0.4) is 0 Å². The van der Waals surface area contributed by atoms with Crippen LogP contribution in [0.1, 0.15) is 19.7 Å². The maximum atomic E-state index is 11.7. The second-order valence-electron chi connectivity index (χ2n) is 4.31. The fourth-order valence-corrected chi connectivity index (χ4v) is 2.69. The summed E-state index contributed by atoms with van der Waals surface area (Å²) in [4.78, 5) is 0.349. The number of anilines is 1. The molecule has 1 heterocycles. The van der Waals surface area contributed by atoms with E-state index in [2.05, 4.69) is 15.5 Å². The van der Waals surface area contributed by atoms with E-state index in [0.717, 1.165) is 18.1 Å². The predicted octanol–water partition coefficient (Wildman–Crippen LogP) is 1.70. The molecule has 2 rings (SSSR count). The highest BCUT2D eigenvalue weighted by atomic mass is 32.2. The first-order chi connectivity index (χ1) is 9.56. The van der Waals surface area contributed by atoms with Gasteiger partial charge in [-0.15, -0.1) is 10.2 Å². The fraction of sp³-hybridized carbons (Fsp3) is 0.385. The molecule has 108 valence electrons. The van der Waals surface area contributed by atoms with E-state index in [1.54, 1.807) is 37.5 Å². The summed E-state index contributed by atoms with van der Waals surface area (Å²) in [6, 6.07) is 6.75. The van der Waals surface area contributed by atoms with Gasteiger partial charge in [0.2, 0.25) is 0 Å². The molecule has 1 aromatic heterocycles. The first-order valence-corrected chi connectivity index (χ1v) is 8.15. The normalized spacial score (nSPS) is 11.5. The van der Waals surface area contributed by atoms with Gasteiger partial charge in [-0.3, -0.25) is 0 Å². The Bertz CT molecular complexity index is 662. The monoisotopic (exact) mass is 294 g/mol. The van der Waals surface area contributed by atoms with Crippen molar-refractivity contribution in [3.63, 3.8) is 0 Å². The first kappa shape index (κ1) is 14.5. The molecule has 0 radical (unpaired) electrons. The molecule has 0 aliphatic rings. The Hall–Kier alpha value is -1.89. The predicted molar refractivity (Wildman–Crippen MR) is 77.2 cm³/mol. The lowest BCUT2D eigenvalue weighted by atomic mass is 10.3. The number of aryl methyl sites for hydroxylation is 1. The van der Waals surface area contributed by atoms with E-state index in [1.807, 2.05) is 11.5 Å². The van der Waals surface area contributed by atoms with Crippen molar-refractivity contribution >= 4 is 15.5 Å². The van der Waals surface area contributed by atoms with Gasteiger partial charge in [-0.2, -0.15) is 0 Å². The minimum absolute atomic E-state index is 0.110. The van der Waals surface area contributed by atoms with Crippen LogP contribution in [0, 0.1) is 0 Å². The minimum atomic E-state index is -3.14. The Labute approximate surface area is 118 Å². The van der Waals surface area contributed by atoms with Crippen LogP contribution in [0.4, 0.5) is 5.69 Å². The van der Waals surface area contributed by atoms with Crippen LogP contribution < -0.4 is 5.32 Å². The van der Waals surface area contributed by atoms with Gasteiger partial charge in [0.25, 0.3) is 0 Å². The summed E-state index contributed by atoms with van der Waals surface area (Å²) >= 11 is 0. The number of sulfone groups is 1. The standard InChI is InChI=1S/C13H18N4O2S/c1-3-17-10-15-16-13(17)9-14-11-5-7-12(8-6-11)20(18,19)4-2/h5-8,10,14H,3-4,9H2,1-2H3. The van der Waals surface area contributed by atoms with Gasteiger partial charge in [-0.1, -0.05) is 6.92 Å². The van der Waals surface area contributed by atoms with Gasteiger partial charge < -0.3 is 9.88 Å². The summed E-state index contributed by atoms with van der Waals surface area (Å²) in [5.41, 5.74) is 0.853. The Kier molecular flexibility index (Phi) is 4.39. The van der Waals surface area contributed by atoms with Gasteiger partial charge in [0, 0.05) is 12.2 Å². The first-order valence-electron chi connectivity index (χ1n) is 6.50. The molecule has 20 heavy (non-hydrogen) atoms. The summed E-state index contributed by atoms with van der Waals surface area (Å²) < 4.78 is 25.3. The van der Waals surface area contributed by atoms with Gasteiger partial charge in [0.1, 0.15) is 6.33 Å². The van der Waals surface area contributed by atoms with Crippen molar-refractivity contribution in [1.29, 1.82) is 0 Å². The topological polar surface area (TPSA) is 76.9 Å². The van der Waals surface area contributed by atoms with Crippen molar-refractivity contribution < 1.29 is 8.42 Å². The number of benzene rings is 1. The SMILES string of the molecule is CCn1cnnc1CNc1ccc(S(=O)(=O)CC)cc1. The van der Waals surface area contributed by atoms with E-state index in [-0.39, 0.29) is 5.75 Å². The highest BCUT2D eigenvalue weighted by Crippen LogP contribution is 2.15. The van der Waals surface area contributed by atoms with Crippen molar-refractivity contribution in [3.8, 4) is 0 Å². The molecular formula is C13H18N4O2S. The van der Waals surface area contributed by atoms with Gasteiger partial charge in [0.05, 0.1) is 17.2 Å². The van der Waals surface area contributed by atoms with E-state index in [0.29, 0.717) is 11.4 Å². The molecule has 0 spiro atoms. The third-order valence-electron chi connectivity index (χ3n) is 3.08. The average Bonchev–Trinajstić information content (AvgIpc) is 2.93. The zero-order chi connectivity index (χ0) is 14.6. The third kappa shape index (κ3) is 3.16. The molecule has 0 amide bonds. The number of nitrogens with one attached hydrogen (secondary N) is 1. The van der Waals surface area contributed by atoms with Crippen LogP contribution in [0.15, 0.2) is 35.5 Å². The van der Waals surface area contributed by atoms with Gasteiger partial charge in [-0.05, 0) is 31.2 Å². The molecule has 0 fully saturated rings. The van der Waals surface area contributed by atoms with Crippen molar-refractivity contribution in [2.45, 2.75) is 31.8 Å². The summed E-state index contributed by atoms with van der Waals surface area (Å²) in [6.07, 6.45) is 1.69. The minimum Gasteiger partial charge on any atom is -0.378 e. The van der Waals surface area contributed by atoms with Crippen molar-refractivity contribution in [2.75, 3.05) is 11.1 Å². The van der Waals surface area contributed by atoms with E-state index < -0.39 is 9.84 Å². The van der Waals surface area contributed by atoms with E-state index in [1.165, 1.54) is 0 Å². The molecule has 0 aliphatic heterocycles. The van der Waals surface area contributed by atoms with Crippen LogP contribution >= 0.6 is 0 Å². The molecule has 1 N–H and O–H groups in total. The lowest BCUT2D eigenvalue weighted by Gasteiger charge is -2.08. The summed E-state index contributed by atoms with van der Waals surface area (Å²) in [7, 11) is -3.14. The molecule has 2 aromatic rings. The average molecular weight is 294 g/mol. The zero-order valence-electron chi connectivity index (χ0n) is 11.6. The second kappa shape index (κ2) is 6.04. The molecule has 0 unspecified atom stereocenters. The van der Waals surface area contributed by atoms with Crippen molar-refractivity contribution in [1.82, 2.24) is 14.8 Å². The molecule has 0 saturated carbocycles.